The number of nitrogens with zero attached hydrogens (tertiary/aromatic N) is 1. The van der Waals surface area contributed by atoms with Crippen LogP contribution in [0.1, 0.15) is 5.69 Å². The van der Waals surface area contributed by atoms with Crippen molar-refractivity contribution >= 4 is 22.4 Å². The van der Waals surface area contributed by atoms with Gasteiger partial charge in [-0.05, 0) is 12.1 Å². The first-order chi connectivity index (χ1) is 10.2. The predicted molar refractivity (Wildman–Crippen MR) is 79.6 cm³/mol. The second kappa shape index (κ2) is 6.01. The van der Waals surface area contributed by atoms with Crippen LogP contribution in [0.4, 0.5) is 5.13 Å². The maximum Gasteiger partial charge on any atom is 0.226 e. The third kappa shape index (κ3) is 3.43. The maximum atomic E-state index is 11.8. The number of para-hydroxylation sites is 2. The number of hydrogen-bond acceptors (Lipinski definition) is 6. The number of thiazole rings is 1. The van der Waals surface area contributed by atoms with Crippen LogP contribution in [-0.2, 0) is 11.2 Å². The van der Waals surface area contributed by atoms with Crippen LogP contribution < -0.4 is 20.5 Å². The number of nitrogens with one attached hydrogen (secondary N) is 1. The normalized spacial score (nSPS) is 16.5. The molecule has 1 amide bonds. The third-order valence-corrected chi connectivity index (χ3v) is 3.73. The summed E-state index contributed by atoms with van der Waals surface area (Å²) in [5.41, 5.74) is 6.21. The van der Waals surface area contributed by atoms with Crippen molar-refractivity contribution in [2.45, 2.75) is 12.5 Å². The largest absolute Gasteiger partial charge is 0.486 e. The lowest BCUT2D eigenvalue weighted by Crippen LogP contribution is -2.41. The highest BCUT2D eigenvalue weighted by atomic mass is 32.1. The van der Waals surface area contributed by atoms with Crippen LogP contribution in [0.15, 0.2) is 29.6 Å². The van der Waals surface area contributed by atoms with E-state index >= 15 is 0 Å². The van der Waals surface area contributed by atoms with Gasteiger partial charge in [-0.15, -0.1) is 11.3 Å². The van der Waals surface area contributed by atoms with Crippen molar-refractivity contribution in [1.29, 1.82) is 0 Å². The Morgan fingerprint density at radius 3 is 3.00 bits per heavy atom. The molecule has 2 heterocycles. The van der Waals surface area contributed by atoms with Gasteiger partial charge in [-0.25, -0.2) is 4.98 Å². The van der Waals surface area contributed by atoms with Crippen LogP contribution in [0.25, 0.3) is 0 Å². The van der Waals surface area contributed by atoms with E-state index in [9.17, 15) is 4.79 Å². The van der Waals surface area contributed by atoms with Crippen molar-refractivity contribution in [1.82, 2.24) is 10.3 Å². The summed E-state index contributed by atoms with van der Waals surface area (Å²) < 4.78 is 11.3. The fraction of sp³-hybridized carbons (Fsp3) is 0.286. The SMILES string of the molecule is Nc1nc(CC(=O)NCC2COc3ccccc3O2)cs1. The second-order valence-electron chi connectivity index (χ2n) is 4.66. The molecule has 2 aromatic rings. The number of nitrogen functional groups attached to an aromatic ring is 1. The number of ether oxygens (including phenoxy) is 2. The topological polar surface area (TPSA) is 86.5 Å². The number of rotatable bonds is 4. The minimum absolute atomic E-state index is 0.109. The van der Waals surface area contributed by atoms with Crippen LogP contribution in [-0.4, -0.2) is 30.1 Å². The van der Waals surface area contributed by atoms with E-state index in [2.05, 4.69) is 10.3 Å². The van der Waals surface area contributed by atoms with E-state index in [1.54, 1.807) is 5.38 Å². The molecule has 1 unspecified atom stereocenters. The molecule has 0 bridgehead atoms. The molecule has 1 atom stereocenters. The molecule has 1 aromatic heterocycles. The number of anilines is 1. The molecule has 6 nitrogen and oxygen atoms in total. The number of carbonyl (C=O) groups is 1. The molecular formula is C14H15N3O3S. The van der Waals surface area contributed by atoms with Gasteiger partial charge in [-0.2, -0.15) is 0 Å². The van der Waals surface area contributed by atoms with E-state index < -0.39 is 0 Å². The first kappa shape index (κ1) is 13.7. The van der Waals surface area contributed by atoms with Gasteiger partial charge in [0.25, 0.3) is 0 Å². The zero-order chi connectivity index (χ0) is 14.7. The zero-order valence-corrected chi connectivity index (χ0v) is 12.1. The Morgan fingerprint density at radius 2 is 2.24 bits per heavy atom. The highest BCUT2D eigenvalue weighted by Gasteiger charge is 2.21. The molecule has 21 heavy (non-hydrogen) atoms. The van der Waals surface area contributed by atoms with E-state index in [1.165, 1.54) is 11.3 Å². The Hall–Kier alpha value is -2.28. The number of carbonyl (C=O) groups excluding carboxylic acids is 1. The van der Waals surface area contributed by atoms with Crippen LogP contribution >= 0.6 is 11.3 Å². The first-order valence-corrected chi connectivity index (χ1v) is 7.44. The smallest absolute Gasteiger partial charge is 0.226 e. The molecule has 0 saturated heterocycles. The predicted octanol–water partition coefficient (Wildman–Crippen LogP) is 1.22. The van der Waals surface area contributed by atoms with E-state index in [1.807, 2.05) is 24.3 Å². The molecule has 3 N–H and O–H groups in total. The molecule has 0 fully saturated rings. The number of aromatic nitrogens is 1. The average Bonchev–Trinajstić information content (AvgIpc) is 2.90. The van der Waals surface area contributed by atoms with E-state index in [0.717, 1.165) is 5.75 Å². The highest BCUT2D eigenvalue weighted by molar-refractivity contribution is 7.13. The number of nitrogens with two attached hydrogens (primary N) is 1. The van der Waals surface area contributed by atoms with Crippen molar-refractivity contribution in [3.05, 3.63) is 35.3 Å². The summed E-state index contributed by atoms with van der Waals surface area (Å²) in [5.74, 6) is 1.33. The van der Waals surface area contributed by atoms with Crippen LogP contribution in [0.5, 0.6) is 11.5 Å². The molecule has 1 aromatic carbocycles. The van der Waals surface area contributed by atoms with Gasteiger partial charge in [-0.1, -0.05) is 12.1 Å². The number of benzene rings is 1. The molecule has 1 aliphatic heterocycles. The fourth-order valence-corrected chi connectivity index (χ4v) is 2.58. The van der Waals surface area contributed by atoms with Crippen molar-refractivity contribution in [2.75, 3.05) is 18.9 Å². The molecule has 0 aliphatic carbocycles. The van der Waals surface area contributed by atoms with Gasteiger partial charge in [0, 0.05) is 5.38 Å². The van der Waals surface area contributed by atoms with Gasteiger partial charge in [-0.3, -0.25) is 4.79 Å². The van der Waals surface area contributed by atoms with Crippen molar-refractivity contribution < 1.29 is 14.3 Å². The quantitative estimate of drug-likeness (QED) is 0.887. The van der Waals surface area contributed by atoms with Crippen LogP contribution in [0, 0.1) is 0 Å². The van der Waals surface area contributed by atoms with Gasteiger partial charge < -0.3 is 20.5 Å². The van der Waals surface area contributed by atoms with Gasteiger partial charge >= 0.3 is 0 Å². The lowest BCUT2D eigenvalue weighted by molar-refractivity contribution is -0.121. The molecular weight excluding hydrogens is 290 g/mol. The Bertz CT molecular complexity index is 644. The molecule has 0 spiro atoms. The molecule has 110 valence electrons. The van der Waals surface area contributed by atoms with Crippen molar-refractivity contribution in [2.24, 2.45) is 0 Å². The summed E-state index contributed by atoms with van der Waals surface area (Å²) in [6.45, 7) is 0.813. The fourth-order valence-electron chi connectivity index (χ4n) is 2.02. The maximum absolute atomic E-state index is 11.8. The highest BCUT2D eigenvalue weighted by Crippen LogP contribution is 2.30. The Labute approximate surface area is 125 Å². The lowest BCUT2D eigenvalue weighted by atomic mass is 10.2. The minimum atomic E-state index is -0.190. The van der Waals surface area contributed by atoms with Gasteiger partial charge in [0.15, 0.2) is 16.6 Å². The summed E-state index contributed by atoms with van der Waals surface area (Å²) in [5, 5.41) is 5.07. The number of amides is 1. The lowest BCUT2D eigenvalue weighted by Gasteiger charge is -2.26. The standard InChI is InChI=1S/C14H15N3O3S/c15-14-17-9(8-21-14)5-13(18)16-6-10-7-19-11-3-1-2-4-12(11)20-10/h1-4,8,10H,5-7H2,(H2,15,17)(H,16,18). The summed E-state index contributed by atoms with van der Waals surface area (Å²) in [4.78, 5) is 15.9. The minimum Gasteiger partial charge on any atom is -0.486 e. The first-order valence-electron chi connectivity index (χ1n) is 6.56. The van der Waals surface area contributed by atoms with Crippen molar-refractivity contribution in [3.63, 3.8) is 0 Å². The van der Waals surface area contributed by atoms with E-state index in [4.69, 9.17) is 15.2 Å². The summed E-state index contributed by atoms with van der Waals surface area (Å²) in [6, 6.07) is 7.48. The van der Waals surface area contributed by atoms with Gasteiger partial charge in [0.1, 0.15) is 12.7 Å². The van der Waals surface area contributed by atoms with E-state index in [0.29, 0.717) is 29.7 Å². The second-order valence-corrected chi connectivity index (χ2v) is 5.55. The van der Waals surface area contributed by atoms with Crippen LogP contribution in [0.2, 0.25) is 0 Å². The summed E-state index contributed by atoms with van der Waals surface area (Å²) in [7, 11) is 0. The molecule has 0 radical (unpaired) electrons. The summed E-state index contributed by atoms with van der Waals surface area (Å²) >= 11 is 1.33. The third-order valence-electron chi connectivity index (χ3n) is 3.01. The molecule has 0 saturated carbocycles. The molecule has 3 rings (SSSR count). The monoisotopic (exact) mass is 305 g/mol. The average molecular weight is 305 g/mol. The zero-order valence-electron chi connectivity index (χ0n) is 11.2. The Balaban J connectivity index is 1.49. The van der Waals surface area contributed by atoms with Crippen molar-refractivity contribution in [3.8, 4) is 11.5 Å². The van der Waals surface area contributed by atoms with Crippen LogP contribution in [0.3, 0.4) is 0 Å². The number of fused-ring (bicyclic) bond motifs is 1. The Morgan fingerprint density at radius 1 is 1.43 bits per heavy atom. The molecule has 7 heteroatoms. The van der Waals surface area contributed by atoms with Gasteiger partial charge in [0.05, 0.1) is 18.7 Å². The number of hydrogen-bond donors (Lipinski definition) is 2. The van der Waals surface area contributed by atoms with Gasteiger partial charge in [0.2, 0.25) is 5.91 Å². The summed E-state index contributed by atoms with van der Waals surface area (Å²) in [6.07, 6.45) is 0.0297. The Kier molecular flexibility index (Phi) is 3.92. The van der Waals surface area contributed by atoms with E-state index in [-0.39, 0.29) is 18.4 Å². The molecule has 1 aliphatic rings.